The third-order valence-corrected chi connectivity index (χ3v) is 3.80. The summed E-state index contributed by atoms with van der Waals surface area (Å²) in [5, 5.41) is 17.3. The number of anilines is 1. The second kappa shape index (κ2) is 6.40. The van der Waals surface area contributed by atoms with E-state index in [9.17, 15) is 0 Å². The number of hydrogen-bond donors (Lipinski definition) is 0. The third kappa shape index (κ3) is 3.22. The lowest BCUT2D eigenvalue weighted by Gasteiger charge is -2.15. The molecule has 1 atom stereocenters. The molecule has 0 aliphatic carbocycles. The van der Waals surface area contributed by atoms with Gasteiger partial charge in [-0.25, -0.2) is 0 Å². The van der Waals surface area contributed by atoms with Crippen molar-refractivity contribution < 1.29 is 4.42 Å². The second-order valence-electron chi connectivity index (χ2n) is 5.30. The Hall–Kier alpha value is -2.35. The van der Waals surface area contributed by atoms with Crippen molar-refractivity contribution in [1.82, 2.24) is 10.2 Å². The number of hydrogen-bond acceptors (Lipinski definition) is 5. The van der Waals surface area contributed by atoms with Crippen LogP contribution < -0.4 is 4.90 Å². The average molecular weight is 282 g/mol. The first-order valence-corrected chi connectivity index (χ1v) is 7.39. The van der Waals surface area contributed by atoms with Crippen molar-refractivity contribution in [3.8, 4) is 6.07 Å². The lowest BCUT2D eigenvalue weighted by Crippen LogP contribution is -2.27. The fourth-order valence-electron chi connectivity index (χ4n) is 2.68. The molecule has 108 valence electrons. The van der Waals surface area contributed by atoms with Crippen LogP contribution in [0.25, 0.3) is 0 Å². The van der Waals surface area contributed by atoms with Gasteiger partial charge in [-0.1, -0.05) is 35.4 Å². The van der Waals surface area contributed by atoms with Crippen molar-refractivity contribution in [3.05, 3.63) is 41.8 Å². The van der Waals surface area contributed by atoms with Gasteiger partial charge in [0.15, 0.2) is 0 Å². The Morgan fingerprint density at radius 1 is 1.24 bits per heavy atom. The molecule has 2 aromatic rings. The molecule has 2 heterocycles. The van der Waals surface area contributed by atoms with E-state index in [0.717, 1.165) is 38.6 Å². The fraction of sp³-hybridized carbons (Fsp3) is 0.438. The van der Waals surface area contributed by atoms with Crippen LogP contribution in [0.1, 0.15) is 30.7 Å². The normalized spacial score (nSPS) is 17.9. The van der Waals surface area contributed by atoms with Crippen LogP contribution in [0.15, 0.2) is 34.7 Å². The molecule has 0 unspecified atom stereocenters. The van der Waals surface area contributed by atoms with E-state index in [1.54, 1.807) is 0 Å². The largest absolute Gasteiger partial charge is 0.408 e. The van der Waals surface area contributed by atoms with Gasteiger partial charge >= 0.3 is 6.01 Å². The lowest BCUT2D eigenvalue weighted by atomic mass is 10.1. The molecular formula is C16H18N4O. The molecule has 0 radical (unpaired) electrons. The van der Waals surface area contributed by atoms with Crippen molar-refractivity contribution in [2.75, 3.05) is 11.4 Å². The van der Waals surface area contributed by atoms with Crippen LogP contribution >= 0.6 is 0 Å². The van der Waals surface area contributed by atoms with Gasteiger partial charge in [0.1, 0.15) is 6.04 Å². The first-order valence-electron chi connectivity index (χ1n) is 7.39. The lowest BCUT2D eigenvalue weighted by molar-refractivity contribution is 0.478. The predicted molar refractivity (Wildman–Crippen MR) is 78.7 cm³/mol. The van der Waals surface area contributed by atoms with Gasteiger partial charge in [-0.2, -0.15) is 5.26 Å². The Balaban J connectivity index is 1.55. The highest BCUT2D eigenvalue weighted by Crippen LogP contribution is 2.24. The standard InChI is InChI=1S/C16H18N4O/c17-12-14-9-5-11-20(14)16-19-18-15(21-16)10-4-8-13-6-2-1-3-7-13/h1-3,6-7,14H,4-5,8-11H2/t14-/m0/s1. The molecule has 1 fully saturated rings. The van der Waals surface area contributed by atoms with Crippen molar-refractivity contribution >= 4 is 6.01 Å². The van der Waals surface area contributed by atoms with E-state index in [-0.39, 0.29) is 6.04 Å². The molecule has 0 bridgehead atoms. The number of aromatic nitrogens is 2. The average Bonchev–Trinajstić information content (AvgIpc) is 3.16. The summed E-state index contributed by atoms with van der Waals surface area (Å²) < 4.78 is 5.69. The highest BCUT2D eigenvalue weighted by Gasteiger charge is 2.28. The summed E-state index contributed by atoms with van der Waals surface area (Å²) in [6.07, 6.45) is 4.63. The topological polar surface area (TPSA) is 66.0 Å². The Bertz CT molecular complexity index is 617. The molecule has 3 rings (SSSR count). The highest BCUT2D eigenvalue weighted by molar-refractivity contribution is 5.32. The van der Waals surface area contributed by atoms with E-state index in [4.69, 9.17) is 9.68 Å². The maximum absolute atomic E-state index is 9.09. The highest BCUT2D eigenvalue weighted by atomic mass is 16.4. The summed E-state index contributed by atoms with van der Waals surface area (Å²) in [4.78, 5) is 1.91. The quantitative estimate of drug-likeness (QED) is 0.843. The second-order valence-corrected chi connectivity index (χ2v) is 5.30. The van der Waals surface area contributed by atoms with E-state index in [1.165, 1.54) is 5.56 Å². The number of nitrogens with zero attached hydrogens (tertiary/aromatic N) is 4. The molecule has 21 heavy (non-hydrogen) atoms. The Labute approximate surface area is 124 Å². The Morgan fingerprint density at radius 3 is 2.90 bits per heavy atom. The smallest absolute Gasteiger partial charge is 0.319 e. The SMILES string of the molecule is N#C[C@@H]1CCCN1c1nnc(CCCc2ccccc2)o1. The van der Waals surface area contributed by atoms with Gasteiger partial charge in [0.2, 0.25) is 5.89 Å². The zero-order valence-corrected chi connectivity index (χ0v) is 11.9. The number of benzene rings is 1. The van der Waals surface area contributed by atoms with Crippen molar-refractivity contribution in [1.29, 1.82) is 5.26 Å². The summed E-state index contributed by atoms with van der Waals surface area (Å²) in [7, 11) is 0. The van der Waals surface area contributed by atoms with Gasteiger partial charge in [0, 0.05) is 13.0 Å². The minimum Gasteiger partial charge on any atom is -0.408 e. The molecule has 1 saturated heterocycles. The minimum atomic E-state index is -0.123. The zero-order chi connectivity index (χ0) is 14.5. The zero-order valence-electron chi connectivity index (χ0n) is 11.9. The van der Waals surface area contributed by atoms with Crippen molar-refractivity contribution in [2.45, 2.75) is 38.1 Å². The van der Waals surface area contributed by atoms with Gasteiger partial charge in [-0.05, 0) is 31.2 Å². The molecule has 0 N–H and O–H groups in total. The first-order chi connectivity index (χ1) is 10.4. The predicted octanol–water partition coefficient (Wildman–Crippen LogP) is 2.74. The van der Waals surface area contributed by atoms with Gasteiger partial charge in [-0.3, -0.25) is 0 Å². The van der Waals surface area contributed by atoms with Crippen LogP contribution in [0.3, 0.4) is 0 Å². The maximum Gasteiger partial charge on any atom is 0.319 e. The van der Waals surface area contributed by atoms with E-state index in [2.05, 4.69) is 40.5 Å². The molecule has 0 amide bonds. The maximum atomic E-state index is 9.09. The summed E-state index contributed by atoms with van der Waals surface area (Å²) in [5.41, 5.74) is 1.32. The van der Waals surface area contributed by atoms with E-state index in [0.29, 0.717) is 11.9 Å². The third-order valence-electron chi connectivity index (χ3n) is 3.80. The minimum absolute atomic E-state index is 0.123. The van der Waals surface area contributed by atoms with Gasteiger partial charge < -0.3 is 9.32 Å². The van der Waals surface area contributed by atoms with Crippen LogP contribution in [0, 0.1) is 11.3 Å². The van der Waals surface area contributed by atoms with E-state index >= 15 is 0 Å². The summed E-state index contributed by atoms with van der Waals surface area (Å²) in [5.74, 6) is 0.657. The van der Waals surface area contributed by atoms with Gasteiger partial charge in [0.25, 0.3) is 0 Å². The van der Waals surface area contributed by atoms with E-state index in [1.807, 2.05) is 11.0 Å². The molecule has 1 aliphatic heterocycles. The summed E-state index contributed by atoms with van der Waals surface area (Å²) in [6.45, 7) is 0.823. The fourth-order valence-corrected chi connectivity index (χ4v) is 2.68. The summed E-state index contributed by atoms with van der Waals surface area (Å²) >= 11 is 0. The van der Waals surface area contributed by atoms with Crippen molar-refractivity contribution in [3.63, 3.8) is 0 Å². The molecule has 5 nitrogen and oxygen atoms in total. The Morgan fingerprint density at radius 2 is 2.10 bits per heavy atom. The first kappa shape index (κ1) is 13.6. The molecule has 0 spiro atoms. The number of rotatable bonds is 5. The molecule has 5 heteroatoms. The van der Waals surface area contributed by atoms with Crippen LogP contribution in [0.4, 0.5) is 6.01 Å². The van der Waals surface area contributed by atoms with Gasteiger partial charge in [0.05, 0.1) is 6.07 Å². The monoisotopic (exact) mass is 282 g/mol. The van der Waals surface area contributed by atoms with Crippen LogP contribution in [-0.2, 0) is 12.8 Å². The molecule has 1 aromatic heterocycles. The number of nitriles is 1. The molecule has 1 aliphatic rings. The van der Waals surface area contributed by atoms with Crippen LogP contribution in [-0.4, -0.2) is 22.8 Å². The summed E-state index contributed by atoms with van der Waals surface area (Å²) in [6, 6.07) is 13.0. The van der Waals surface area contributed by atoms with Crippen LogP contribution in [0.2, 0.25) is 0 Å². The van der Waals surface area contributed by atoms with Crippen molar-refractivity contribution in [2.24, 2.45) is 0 Å². The number of aryl methyl sites for hydroxylation is 2. The van der Waals surface area contributed by atoms with E-state index < -0.39 is 0 Å². The van der Waals surface area contributed by atoms with Crippen LogP contribution in [0.5, 0.6) is 0 Å². The van der Waals surface area contributed by atoms with Gasteiger partial charge in [-0.15, -0.1) is 5.10 Å². The molecule has 1 aromatic carbocycles. The molecular weight excluding hydrogens is 264 g/mol. The molecule has 0 saturated carbocycles. The Kier molecular flexibility index (Phi) is 4.15.